The van der Waals surface area contributed by atoms with E-state index in [1.807, 2.05) is 36.4 Å². The molecule has 0 amide bonds. The summed E-state index contributed by atoms with van der Waals surface area (Å²) in [6.45, 7) is 0.516. The van der Waals surface area contributed by atoms with E-state index < -0.39 is 14.8 Å². The minimum atomic E-state index is -3.70. The molecule has 0 N–H and O–H groups in total. The number of nitro groups is 1. The van der Waals surface area contributed by atoms with Crippen LogP contribution < -0.4 is 4.90 Å². The second kappa shape index (κ2) is 7.36. The zero-order valence-electron chi connectivity index (χ0n) is 15.1. The Balaban J connectivity index is 1.93. The van der Waals surface area contributed by atoms with E-state index in [-0.39, 0.29) is 10.6 Å². The number of hydrogen-bond acceptors (Lipinski definition) is 5. The van der Waals surface area contributed by atoms with Crippen molar-refractivity contribution in [3.05, 3.63) is 76.3 Å². The van der Waals surface area contributed by atoms with Gasteiger partial charge in [-0.15, -0.1) is 0 Å². The van der Waals surface area contributed by atoms with Crippen LogP contribution in [-0.2, 0) is 16.3 Å². The van der Waals surface area contributed by atoms with E-state index in [0.717, 1.165) is 22.6 Å². The average molecular weight is 384 g/mol. The van der Waals surface area contributed by atoms with Gasteiger partial charge in [0, 0.05) is 19.8 Å². The predicted molar refractivity (Wildman–Crippen MR) is 107 cm³/mol. The van der Waals surface area contributed by atoms with Crippen molar-refractivity contribution < 1.29 is 13.3 Å². The van der Waals surface area contributed by atoms with Crippen LogP contribution in [0.1, 0.15) is 5.56 Å². The number of benzene rings is 3. The van der Waals surface area contributed by atoms with Gasteiger partial charge < -0.3 is 4.90 Å². The third kappa shape index (κ3) is 3.93. The highest BCUT2D eigenvalue weighted by Gasteiger charge is 2.27. The van der Waals surface area contributed by atoms with Gasteiger partial charge in [0.15, 0.2) is 9.84 Å². The molecule has 0 bridgehead atoms. The van der Waals surface area contributed by atoms with Gasteiger partial charge in [0.05, 0.1) is 4.92 Å². The normalized spacial score (nSPS) is 11.5. The SMILES string of the molecule is CN(CCc1cccc2ccccc12)c1cccc(S(C)(=O)=O)c1[N+](=O)[O-]. The Bertz CT molecular complexity index is 1100. The quantitative estimate of drug-likeness (QED) is 0.477. The summed E-state index contributed by atoms with van der Waals surface area (Å²) in [5.41, 5.74) is 1.06. The zero-order chi connectivity index (χ0) is 19.6. The fourth-order valence-corrected chi connectivity index (χ4v) is 4.08. The molecule has 0 aliphatic heterocycles. The molecule has 0 aliphatic carbocycles. The fraction of sp³-hybridized carbons (Fsp3) is 0.200. The molecule has 140 valence electrons. The summed E-state index contributed by atoms with van der Waals surface area (Å²) in [7, 11) is -1.96. The van der Waals surface area contributed by atoms with Crippen LogP contribution in [-0.4, -0.2) is 33.2 Å². The van der Waals surface area contributed by atoms with Crippen molar-refractivity contribution in [3.63, 3.8) is 0 Å². The smallest absolute Gasteiger partial charge is 0.311 e. The first kappa shape index (κ1) is 18.8. The minimum Gasteiger partial charge on any atom is -0.369 e. The van der Waals surface area contributed by atoms with Crippen LogP contribution in [0.5, 0.6) is 0 Å². The van der Waals surface area contributed by atoms with Gasteiger partial charge in [0.1, 0.15) is 10.6 Å². The topological polar surface area (TPSA) is 80.5 Å². The number of para-hydroxylation sites is 1. The molecule has 3 aromatic rings. The van der Waals surface area contributed by atoms with E-state index in [1.165, 1.54) is 12.1 Å². The van der Waals surface area contributed by atoms with Gasteiger partial charge in [-0.2, -0.15) is 0 Å². The van der Waals surface area contributed by atoms with E-state index in [4.69, 9.17) is 0 Å². The molecule has 3 rings (SSSR count). The first-order valence-corrected chi connectivity index (χ1v) is 10.3. The van der Waals surface area contributed by atoms with Crippen LogP contribution in [0.15, 0.2) is 65.6 Å². The van der Waals surface area contributed by atoms with Crippen molar-refractivity contribution in [1.29, 1.82) is 0 Å². The van der Waals surface area contributed by atoms with Gasteiger partial charge in [-0.05, 0) is 34.9 Å². The van der Waals surface area contributed by atoms with Gasteiger partial charge >= 0.3 is 5.69 Å². The molecule has 0 saturated heterocycles. The number of nitro benzene ring substituents is 1. The lowest BCUT2D eigenvalue weighted by molar-refractivity contribution is -0.387. The highest BCUT2D eigenvalue weighted by molar-refractivity contribution is 7.90. The molecular weight excluding hydrogens is 364 g/mol. The van der Waals surface area contributed by atoms with Crippen molar-refractivity contribution in [2.45, 2.75) is 11.3 Å². The van der Waals surface area contributed by atoms with Crippen LogP contribution in [0, 0.1) is 10.1 Å². The monoisotopic (exact) mass is 384 g/mol. The van der Waals surface area contributed by atoms with Gasteiger partial charge in [0.25, 0.3) is 0 Å². The highest BCUT2D eigenvalue weighted by atomic mass is 32.2. The molecule has 0 spiro atoms. The number of fused-ring (bicyclic) bond motifs is 1. The summed E-state index contributed by atoms with van der Waals surface area (Å²) in [5.74, 6) is 0. The molecule has 3 aromatic carbocycles. The molecule has 0 heterocycles. The molecule has 7 heteroatoms. The van der Waals surface area contributed by atoms with Crippen molar-refractivity contribution in [2.75, 3.05) is 24.7 Å². The van der Waals surface area contributed by atoms with Crippen molar-refractivity contribution in [1.82, 2.24) is 0 Å². The van der Waals surface area contributed by atoms with Crippen molar-refractivity contribution in [3.8, 4) is 0 Å². The predicted octanol–water partition coefficient (Wildman–Crippen LogP) is 3.83. The number of rotatable bonds is 6. The molecule has 27 heavy (non-hydrogen) atoms. The fourth-order valence-electron chi connectivity index (χ4n) is 3.22. The standard InChI is InChI=1S/C20H20N2O4S/c1-21(14-13-16-9-5-8-15-7-3-4-10-17(15)16)18-11-6-12-19(27(2,25)26)20(18)22(23)24/h3-12H,13-14H2,1-2H3. The molecule has 0 aliphatic rings. The Kier molecular flexibility index (Phi) is 5.14. The summed E-state index contributed by atoms with van der Waals surface area (Å²) in [5, 5.41) is 13.8. The second-order valence-electron chi connectivity index (χ2n) is 6.46. The van der Waals surface area contributed by atoms with Crippen LogP contribution in [0.3, 0.4) is 0 Å². The molecular formula is C20H20N2O4S. The largest absolute Gasteiger partial charge is 0.369 e. The summed E-state index contributed by atoms with van der Waals surface area (Å²) < 4.78 is 23.9. The molecule has 0 saturated carbocycles. The number of hydrogen-bond donors (Lipinski definition) is 0. The van der Waals surface area contributed by atoms with E-state index >= 15 is 0 Å². The summed E-state index contributed by atoms with van der Waals surface area (Å²) >= 11 is 0. The maximum atomic E-state index is 11.9. The van der Waals surface area contributed by atoms with Gasteiger partial charge in [-0.3, -0.25) is 10.1 Å². The summed E-state index contributed by atoms with van der Waals surface area (Å²) in [6, 6.07) is 18.5. The number of likely N-dealkylation sites (N-methyl/N-ethyl adjacent to an activating group) is 1. The van der Waals surface area contributed by atoms with Crippen LogP contribution >= 0.6 is 0 Å². The Morgan fingerprint density at radius 3 is 2.37 bits per heavy atom. The Morgan fingerprint density at radius 1 is 1.00 bits per heavy atom. The Morgan fingerprint density at radius 2 is 1.67 bits per heavy atom. The van der Waals surface area contributed by atoms with E-state index in [9.17, 15) is 18.5 Å². The molecule has 0 fully saturated rings. The lowest BCUT2D eigenvalue weighted by atomic mass is 10.0. The van der Waals surface area contributed by atoms with Crippen LogP contribution in [0.4, 0.5) is 11.4 Å². The first-order valence-electron chi connectivity index (χ1n) is 8.44. The maximum Gasteiger partial charge on any atom is 0.311 e. The lowest BCUT2D eigenvalue weighted by Crippen LogP contribution is -2.22. The summed E-state index contributed by atoms with van der Waals surface area (Å²) in [6.07, 6.45) is 1.66. The number of anilines is 1. The third-order valence-electron chi connectivity index (χ3n) is 4.57. The first-order chi connectivity index (χ1) is 12.8. The van der Waals surface area contributed by atoms with E-state index in [0.29, 0.717) is 18.7 Å². The minimum absolute atomic E-state index is 0.262. The highest BCUT2D eigenvalue weighted by Crippen LogP contribution is 2.34. The zero-order valence-corrected chi connectivity index (χ0v) is 15.9. The van der Waals surface area contributed by atoms with Gasteiger partial charge in [0.2, 0.25) is 0 Å². The Labute approximate surface area is 158 Å². The maximum absolute atomic E-state index is 11.9. The van der Waals surface area contributed by atoms with Crippen LogP contribution in [0.2, 0.25) is 0 Å². The van der Waals surface area contributed by atoms with E-state index in [2.05, 4.69) is 6.07 Å². The molecule has 6 nitrogen and oxygen atoms in total. The lowest BCUT2D eigenvalue weighted by Gasteiger charge is -2.20. The number of sulfone groups is 1. The van der Waals surface area contributed by atoms with Gasteiger partial charge in [-0.1, -0.05) is 48.5 Å². The molecule has 0 radical (unpaired) electrons. The number of nitrogens with zero attached hydrogens (tertiary/aromatic N) is 2. The molecule has 0 aromatic heterocycles. The molecule has 0 atom stereocenters. The Hall–Kier alpha value is -2.93. The third-order valence-corrected chi connectivity index (χ3v) is 5.70. The van der Waals surface area contributed by atoms with Crippen molar-refractivity contribution >= 4 is 32.0 Å². The van der Waals surface area contributed by atoms with Gasteiger partial charge in [-0.25, -0.2) is 8.42 Å². The summed E-state index contributed by atoms with van der Waals surface area (Å²) in [4.78, 5) is 12.4. The second-order valence-corrected chi connectivity index (χ2v) is 8.45. The van der Waals surface area contributed by atoms with E-state index in [1.54, 1.807) is 18.0 Å². The van der Waals surface area contributed by atoms with Crippen molar-refractivity contribution in [2.24, 2.45) is 0 Å². The molecule has 0 unspecified atom stereocenters. The van der Waals surface area contributed by atoms with Crippen LogP contribution in [0.25, 0.3) is 10.8 Å². The average Bonchev–Trinajstić information content (AvgIpc) is 2.64.